The molecule has 0 fully saturated rings. The van der Waals surface area contributed by atoms with Crippen LogP contribution in [0.15, 0.2) is 48.5 Å². The second-order valence-electron chi connectivity index (χ2n) is 5.25. The third-order valence-electron chi connectivity index (χ3n) is 3.33. The van der Waals surface area contributed by atoms with Gasteiger partial charge in [-0.05, 0) is 23.4 Å². The number of alkyl halides is 3. The van der Waals surface area contributed by atoms with Crippen molar-refractivity contribution in [3.05, 3.63) is 59.1 Å². The molecule has 0 saturated carbocycles. The molecular formula is C16H11ClF3N5O. The van der Waals surface area contributed by atoms with Crippen molar-refractivity contribution in [2.24, 2.45) is 0 Å². The number of carbonyl (C=O) groups is 1. The number of hydrogen-bond acceptors (Lipinski definition) is 4. The Kier molecular flexibility index (Phi) is 4.90. The highest BCUT2D eigenvalue weighted by Crippen LogP contribution is 2.36. The molecule has 3 aromatic rings. The van der Waals surface area contributed by atoms with Gasteiger partial charge in [-0.1, -0.05) is 41.9 Å². The molecule has 6 nitrogen and oxygen atoms in total. The third kappa shape index (κ3) is 4.17. The van der Waals surface area contributed by atoms with Crippen LogP contribution in [0.4, 0.5) is 18.9 Å². The van der Waals surface area contributed by atoms with Crippen molar-refractivity contribution in [3.63, 3.8) is 0 Å². The highest BCUT2D eigenvalue weighted by Gasteiger charge is 2.33. The number of benzene rings is 2. The smallest absolute Gasteiger partial charge is 0.324 e. The van der Waals surface area contributed by atoms with Crippen LogP contribution in [0.2, 0.25) is 5.02 Å². The molecule has 1 heterocycles. The maximum atomic E-state index is 12.8. The minimum atomic E-state index is -4.62. The fourth-order valence-corrected chi connectivity index (χ4v) is 2.39. The molecule has 0 unspecified atom stereocenters. The van der Waals surface area contributed by atoms with E-state index < -0.39 is 22.7 Å². The summed E-state index contributed by atoms with van der Waals surface area (Å²) >= 11 is 5.54. The summed E-state index contributed by atoms with van der Waals surface area (Å²) in [6.07, 6.45) is -4.62. The van der Waals surface area contributed by atoms with Crippen LogP contribution in [0.1, 0.15) is 5.56 Å². The van der Waals surface area contributed by atoms with Gasteiger partial charge in [0.25, 0.3) is 0 Å². The molecule has 0 aliphatic heterocycles. The summed E-state index contributed by atoms with van der Waals surface area (Å²) in [6.45, 7) is -0.302. The Labute approximate surface area is 150 Å². The molecule has 0 spiro atoms. The summed E-state index contributed by atoms with van der Waals surface area (Å²) in [6, 6.07) is 12.1. The van der Waals surface area contributed by atoms with Gasteiger partial charge in [0, 0.05) is 11.3 Å². The van der Waals surface area contributed by atoms with E-state index in [1.165, 1.54) is 6.07 Å². The van der Waals surface area contributed by atoms with Crippen molar-refractivity contribution >= 4 is 23.2 Å². The maximum absolute atomic E-state index is 12.8. The lowest BCUT2D eigenvalue weighted by atomic mass is 10.2. The van der Waals surface area contributed by atoms with Gasteiger partial charge >= 0.3 is 6.18 Å². The van der Waals surface area contributed by atoms with Gasteiger partial charge < -0.3 is 5.32 Å². The minimum absolute atomic E-state index is 0.0323. The standard InChI is InChI=1S/C16H11ClF3N5O/c17-13-7-6-11(8-12(13)16(18,19)20)21-14(26)9-25-23-15(22-24-25)10-4-2-1-3-5-10/h1-8H,9H2,(H,21,26). The first-order chi connectivity index (χ1) is 12.3. The highest BCUT2D eigenvalue weighted by molar-refractivity contribution is 6.31. The first-order valence-electron chi connectivity index (χ1n) is 7.33. The van der Waals surface area contributed by atoms with Gasteiger partial charge in [0.05, 0.1) is 10.6 Å². The molecule has 0 aliphatic rings. The molecule has 1 N–H and O–H groups in total. The predicted molar refractivity (Wildman–Crippen MR) is 88.3 cm³/mol. The van der Waals surface area contributed by atoms with Gasteiger partial charge in [-0.25, -0.2) is 0 Å². The average Bonchev–Trinajstić information content (AvgIpc) is 3.05. The summed E-state index contributed by atoms with van der Waals surface area (Å²) in [4.78, 5) is 13.1. The number of amides is 1. The number of nitrogens with zero attached hydrogens (tertiary/aromatic N) is 4. The Morgan fingerprint density at radius 2 is 1.88 bits per heavy atom. The van der Waals surface area contributed by atoms with E-state index in [9.17, 15) is 18.0 Å². The van der Waals surface area contributed by atoms with Crippen molar-refractivity contribution in [1.29, 1.82) is 0 Å². The molecule has 0 aliphatic carbocycles. The lowest BCUT2D eigenvalue weighted by Crippen LogP contribution is -2.20. The molecule has 1 aromatic heterocycles. The van der Waals surface area contributed by atoms with Gasteiger partial charge in [-0.3, -0.25) is 4.79 Å². The number of rotatable bonds is 4. The van der Waals surface area contributed by atoms with Crippen molar-refractivity contribution in [1.82, 2.24) is 20.2 Å². The monoisotopic (exact) mass is 381 g/mol. The molecular weight excluding hydrogens is 371 g/mol. The van der Waals surface area contributed by atoms with Gasteiger partial charge in [-0.15, -0.1) is 10.2 Å². The number of carbonyl (C=O) groups excluding carboxylic acids is 1. The number of halogens is 4. The van der Waals surface area contributed by atoms with Gasteiger partial charge in [0.1, 0.15) is 6.54 Å². The first kappa shape index (κ1) is 17.9. The quantitative estimate of drug-likeness (QED) is 0.748. The SMILES string of the molecule is O=C(Cn1nnc(-c2ccccc2)n1)Nc1ccc(Cl)c(C(F)(F)F)c1. The van der Waals surface area contributed by atoms with Gasteiger partial charge in [-0.2, -0.15) is 18.0 Å². The second kappa shape index (κ2) is 7.12. The van der Waals surface area contributed by atoms with Crippen LogP contribution in [0, 0.1) is 0 Å². The van der Waals surface area contributed by atoms with Crippen LogP contribution in [0.25, 0.3) is 11.4 Å². The second-order valence-corrected chi connectivity index (χ2v) is 5.66. The molecule has 0 saturated heterocycles. The van der Waals surface area contributed by atoms with E-state index in [-0.39, 0.29) is 12.2 Å². The molecule has 2 aromatic carbocycles. The van der Waals surface area contributed by atoms with Crippen LogP contribution in [-0.2, 0) is 17.5 Å². The molecule has 10 heteroatoms. The fraction of sp³-hybridized carbons (Fsp3) is 0.125. The Morgan fingerprint density at radius 3 is 2.58 bits per heavy atom. The molecule has 0 bridgehead atoms. The van der Waals surface area contributed by atoms with Crippen LogP contribution in [-0.4, -0.2) is 26.1 Å². The van der Waals surface area contributed by atoms with Crippen molar-refractivity contribution in [3.8, 4) is 11.4 Å². The highest BCUT2D eigenvalue weighted by atomic mass is 35.5. The minimum Gasteiger partial charge on any atom is -0.324 e. The van der Waals surface area contributed by atoms with Gasteiger partial charge in [0.2, 0.25) is 11.7 Å². The summed E-state index contributed by atoms with van der Waals surface area (Å²) < 4.78 is 38.5. The molecule has 26 heavy (non-hydrogen) atoms. The molecule has 134 valence electrons. The summed E-state index contributed by atoms with van der Waals surface area (Å²) in [5.74, 6) is -0.262. The Hall–Kier alpha value is -2.94. The molecule has 1 amide bonds. The molecule has 0 radical (unpaired) electrons. The van der Waals surface area contributed by atoms with E-state index in [0.29, 0.717) is 5.82 Å². The van der Waals surface area contributed by atoms with E-state index in [0.717, 1.165) is 22.5 Å². The van der Waals surface area contributed by atoms with Crippen LogP contribution >= 0.6 is 11.6 Å². The fourth-order valence-electron chi connectivity index (χ4n) is 2.16. The van der Waals surface area contributed by atoms with E-state index in [2.05, 4.69) is 20.7 Å². The first-order valence-corrected chi connectivity index (χ1v) is 7.70. The topological polar surface area (TPSA) is 72.7 Å². The zero-order valence-electron chi connectivity index (χ0n) is 13.0. The van der Waals surface area contributed by atoms with E-state index in [1.807, 2.05) is 18.2 Å². The van der Waals surface area contributed by atoms with Gasteiger partial charge in [0.15, 0.2) is 0 Å². The Bertz CT molecular complexity index is 927. The zero-order chi connectivity index (χ0) is 18.7. The number of anilines is 1. The lowest BCUT2D eigenvalue weighted by Gasteiger charge is -2.11. The Morgan fingerprint density at radius 1 is 1.15 bits per heavy atom. The number of hydrogen-bond donors (Lipinski definition) is 1. The van der Waals surface area contributed by atoms with E-state index in [1.54, 1.807) is 12.1 Å². The largest absolute Gasteiger partial charge is 0.417 e. The number of aromatic nitrogens is 4. The number of tetrazole rings is 1. The van der Waals surface area contributed by atoms with Crippen LogP contribution in [0.3, 0.4) is 0 Å². The van der Waals surface area contributed by atoms with E-state index >= 15 is 0 Å². The lowest BCUT2D eigenvalue weighted by molar-refractivity contribution is -0.137. The van der Waals surface area contributed by atoms with E-state index in [4.69, 9.17) is 11.6 Å². The van der Waals surface area contributed by atoms with Crippen molar-refractivity contribution in [2.75, 3.05) is 5.32 Å². The predicted octanol–water partition coefficient (Wildman–Crippen LogP) is 3.65. The normalized spacial score (nSPS) is 11.4. The molecule has 3 rings (SSSR count). The summed E-state index contributed by atoms with van der Waals surface area (Å²) in [5.41, 5.74) is -0.330. The average molecular weight is 382 g/mol. The number of nitrogens with one attached hydrogen (secondary N) is 1. The maximum Gasteiger partial charge on any atom is 0.417 e. The zero-order valence-corrected chi connectivity index (χ0v) is 13.8. The third-order valence-corrected chi connectivity index (χ3v) is 3.65. The van der Waals surface area contributed by atoms with Crippen LogP contribution in [0.5, 0.6) is 0 Å². The summed E-state index contributed by atoms with van der Waals surface area (Å²) in [7, 11) is 0. The molecule has 0 atom stereocenters. The van der Waals surface area contributed by atoms with Crippen LogP contribution < -0.4 is 5.32 Å². The summed E-state index contributed by atoms with van der Waals surface area (Å²) in [5, 5.41) is 13.6. The Balaban J connectivity index is 1.69. The van der Waals surface area contributed by atoms with Crippen molar-refractivity contribution in [2.45, 2.75) is 12.7 Å². The van der Waals surface area contributed by atoms with Crippen molar-refractivity contribution < 1.29 is 18.0 Å².